The number of anilines is 2. The zero-order valence-electron chi connectivity index (χ0n) is 17.5. The predicted octanol–water partition coefficient (Wildman–Crippen LogP) is 2.75. The van der Waals surface area contributed by atoms with Crippen LogP contribution in [0.3, 0.4) is 0 Å². The number of urea groups is 1. The first-order chi connectivity index (χ1) is 16.0. The van der Waals surface area contributed by atoms with Crippen molar-refractivity contribution in [3.8, 4) is 22.9 Å². The molecule has 1 atom stereocenters. The van der Waals surface area contributed by atoms with E-state index in [1.165, 1.54) is 17.3 Å². The Bertz CT molecular complexity index is 1110. The van der Waals surface area contributed by atoms with Crippen LogP contribution in [0.4, 0.5) is 16.4 Å². The number of hydrogen-bond acceptors (Lipinski definition) is 8. The molecule has 0 radical (unpaired) electrons. The Balaban J connectivity index is 1.52. The fourth-order valence-corrected chi connectivity index (χ4v) is 3.32. The zero-order chi connectivity index (χ0) is 23.2. The number of pyridine rings is 1. The number of nitrogens with zero attached hydrogens (tertiary/aromatic N) is 4. The number of carbonyl (C=O) groups is 1. The molecule has 33 heavy (non-hydrogen) atoms. The van der Waals surface area contributed by atoms with Crippen molar-refractivity contribution >= 4 is 29.3 Å². The van der Waals surface area contributed by atoms with Crippen LogP contribution in [0.15, 0.2) is 48.8 Å². The second-order valence-electron chi connectivity index (χ2n) is 7.20. The van der Waals surface area contributed by atoms with Crippen molar-refractivity contribution in [3.05, 3.63) is 53.8 Å². The van der Waals surface area contributed by atoms with Gasteiger partial charge in [0.25, 0.3) is 0 Å². The number of aliphatic hydroxyl groups excluding tert-OH is 2. The zero-order valence-corrected chi connectivity index (χ0v) is 18.3. The highest BCUT2D eigenvalue weighted by Gasteiger charge is 2.25. The molecule has 0 saturated heterocycles. The number of benzene rings is 1. The Morgan fingerprint density at radius 1 is 1.27 bits per heavy atom. The highest BCUT2D eigenvalue weighted by Crippen LogP contribution is 2.33. The topological polar surface area (TPSA) is 130 Å². The highest BCUT2D eigenvalue weighted by molar-refractivity contribution is 6.30. The van der Waals surface area contributed by atoms with Crippen molar-refractivity contribution in [2.75, 3.05) is 36.6 Å². The second kappa shape index (κ2) is 10.4. The van der Waals surface area contributed by atoms with Crippen molar-refractivity contribution in [2.45, 2.75) is 12.5 Å². The first-order valence-corrected chi connectivity index (χ1v) is 10.6. The van der Waals surface area contributed by atoms with Crippen LogP contribution in [0.2, 0.25) is 5.02 Å². The molecule has 3 N–H and O–H groups in total. The third-order valence-electron chi connectivity index (χ3n) is 4.74. The second-order valence-corrected chi connectivity index (χ2v) is 7.64. The van der Waals surface area contributed by atoms with Crippen LogP contribution in [-0.2, 0) is 0 Å². The molecule has 2 amide bonds. The molecule has 11 heteroatoms. The summed E-state index contributed by atoms with van der Waals surface area (Å²) in [5, 5.41) is 21.5. The number of carbonyl (C=O) groups excluding carboxylic acids is 1. The monoisotopic (exact) mass is 471 g/mol. The van der Waals surface area contributed by atoms with Gasteiger partial charge < -0.3 is 19.7 Å². The molecule has 1 aliphatic heterocycles. The average Bonchev–Trinajstić information content (AvgIpc) is 3.05. The van der Waals surface area contributed by atoms with Crippen LogP contribution in [0, 0.1) is 0 Å². The van der Waals surface area contributed by atoms with E-state index in [2.05, 4.69) is 20.3 Å². The summed E-state index contributed by atoms with van der Waals surface area (Å²) >= 11 is 6.12. The van der Waals surface area contributed by atoms with Crippen LogP contribution < -0.4 is 19.7 Å². The van der Waals surface area contributed by atoms with Crippen molar-refractivity contribution in [1.29, 1.82) is 0 Å². The van der Waals surface area contributed by atoms with Gasteiger partial charge in [-0.15, -0.1) is 0 Å². The van der Waals surface area contributed by atoms with E-state index in [-0.39, 0.29) is 18.3 Å². The van der Waals surface area contributed by atoms with Crippen LogP contribution in [0.25, 0.3) is 11.3 Å². The number of aliphatic hydroxyl groups is 2. The summed E-state index contributed by atoms with van der Waals surface area (Å²) in [5.74, 6) is 1.27. The first-order valence-electron chi connectivity index (χ1n) is 10.3. The number of amides is 2. The van der Waals surface area contributed by atoms with Crippen LogP contribution in [-0.4, -0.2) is 63.7 Å². The van der Waals surface area contributed by atoms with Gasteiger partial charge in [-0.1, -0.05) is 23.7 Å². The molecule has 1 aromatic carbocycles. The minimum atomic E-state index is -1.01. The maximum Gasteiger partial charge on any atom is 0.328 e. The van der Waals surface area contributed by atoms with Gasteiger partial charge in [0, 0.05) is 17.1 Å². The molecule has 1 aliphatic rings. The molecule has 0 fully saturated rings. The van der Waals surface area contributed by atoms with Gasteiger partial charge in [-0.2, -0.15) is 0 Å². The third kappa shape index (κ3) is 5.67. The van der Waals surface area contributed by atoms with Crippen molar-refractivity contribution in [1.82, 2.24) is 15.0 Å². The lowest BCUT2D eigenvalue weighted by Gasteiger charge is -2.21. The molecule has 172 valence electrons. The first kappa shape index (κ1) is 22.7. The van der Waals surface area contributed by atoms with Crippen LogP contribution in [0.5, 0.6) is 11.6 Å². The van der Waals surface area contributed by atoms with E-state index in [1.807, 2.05) is 18.2 Å². The molecule has 1 unspecified atom stereocenters. The minimum absolute atomic E-state index is 0.123. The predicted molar refractivity (Wildman–Crippen MR) is 122 cm³/mol. The molecule has 10 nitrogen and oxygen atoms in total. The number of ether oxygens (including phenoxy) is 2. The number of rotatable bonds is 6. The van der Waals surface area contributed by atoms with E-state index >= 15 is 0 Å². The molecular weight excluding hydrogens is 450 g/mol. The van der Waals surface area contributed by atoms with E-state index in [0.717, 1.165) is 5.56 Å². The van der Waals surface area contributed by atoms with Crippen LogP contribution in [0.1, 0.15) is 6.42 Å². The summed E-state index contributed by atoms with van der Waals surface area (Å²) in [5.41, 5.74) is 1.48. The Kier molecular flexibility index (Phi) is 7.18. The van der Waals surface area contributed by atoms with Gasteiger partial charge in [0.2, 0.25) is 5.88 Å². The Hall–Kier alpha value is -3.47. The Morgan fingerprint density at radius 2 is 2.15 bits per heavy atom. The summed E-state index contributed by atoms with van der Waals surface area (Å²) in [7, 11) is 0. The Morgan fingerprint density at radius 3 is 2.91 bits per heavy atom. The van der Waals surface area contributed by atoms with Gasteiger partial charge in [0.1, 0.15) is 12.7 Å². The fourth-order valence-electron chi connectivity index (χ4n) is 3.13. The van der Waals surface area contributed by atoms with Gasteiger partial charge in [-0.25, -0.2) is 19.7 Å². The summed E-state index contributed by atoms with van der Waals surface area (Å²) in [6.45, 7) is 0.316. The number of nitrogens with one attached hydrogen (secondary N) is 1. The fraction of sp³-hybridized carbons (Fsp3) is 0.273. The smallest absolute Gasteiger partial charge is 0.328 e. The van der Waals surface area contributed by atoms with Crippen molar-refractivity contribution in [2.24, 2.45) is 0 Å². The number of aromatic nitrogens is 3. The minimum Gasteiger partial charge on any atom is -0.490 e. The molecule has 2 aromatic heterocycles. The molecule has 4 rings (SSSR count). The molecule has 3 heterocycles. The maximum atomic E-state index is 13.1. The van der Waals surface area contributed by atoms with Gasteiger partial charge in [-0.05, 0) is 30.7 Å². The van der Waals surface area contributed by atoms with Gasteiger partial charge in [0.15, 0.2) is 17.4 Å². The molecule has 0 spiro atoms. The van der Waals surface area contributed by atoms with Crippen LogP contribution >= 0.6 is 11.6 Å². The number of fused-ring (bicyclic) bond motifs is 1. The maximum absolute atomic E-state index is 13.1. The largest absolute Gasteiger partial charge is 0.490 e. The molecule has 0 aliphatic carbocycles. The van der Waals surface area contributed by atoms with E-state index in [0.29, 0.717) is 41.9 Å². The van der Waals surface area contributed by atoms with E-state index < -0.39 is 18.7 Å². The summed E-state index contributed by atoms with van der Waals surface area (Å²) < 4.78 is 11.0. The number of hydrogen-bond donors (Lipinski definition) is 3. The lowest BCUT2D eigenvalue weighted by atomic mass is 10.1. The molecule has 0 saturated carbocycles. The lowest BCUT2D eigenvalue weighted by Crippen LogP contribution is -2.36. The quantitative estimate of drug-likeness (QED) is 0.500. The normalized spacial score (nSPS) is 14.0. The summed E-state index contributed by atoms with van der Waals surface area (Å²) in [4.78, 5) is 27.4. The SMILES string of the molecule is O=C(Nc1cnc(OCC(O)CO)cn1)N1CCCOc2ccc(-c3cccc(Cl)c3)nc21. The van der Waals surface area contributed by atoms with E-state index in [1.54, 1.807) is 18.2 Å². The lowest BCUT2D eigenvalue weighted by molar-refractivity contribution is 0.0520. The van der Waals surface area contributed by atoms with Crippen molar-refractivity contribution in [3.63, 3.8) is 0 Å². The Labute approximate surface area is 194 Å². The van der Waals surface area contributed by atoms with Gasteiger partial charge in [-0.3, -0.25) is 10.2 Å². The average molecular weight is 472 g/mol. The van der Waals surface area contributed by atoms with E-state index in [4.69, 9.17) is 26.2 Å². The van der Waals surface area contributed by atoms with Gasteiger partial charge >= 0.3 is 6.03 Å². The number of halogens is 1. The van der Waals surface area contributed by atoms with Crippen molar-refractivity contribution < 1.29 is 24.5 Å². The highest BCUT2D eigenvalue weighted by atomic mass is 35.5. The molecular formula is C22H22ClN5O5. The summed E-state index contributed by atoms with van der Waals surface area (Å²) in [6.07, 6.45) is 2.26. The standard InChI is InChI=1S/C22H22ClN5O5/c23-15-4-1-3-14(9-15)17-5-6-18-21(26-17)28(7-2-8-32-18)22(31)27-19-10-25-20(11-24-19)33-13-16(30)12-29/h1,3-6,9-11,16,29-30H,2,7-8,12-13H2,(H,24,27,31). The summed E-state index contributed by atoms with van der Waals surface area (Å²) in [6, 6.07) is 10.5. The van der Waals surface area contributed by atoms with Gasteiger partial charge in [0.05, 0.1) is 31.3 Å². The molecule has 3 aromatic rings. The molecule has 0 bridgehead atoms. The van der Waals surface area contributed by atoms with E-state index in [9.17, 15) is 9.90 Å². The third-order valence-corrected chi connectivity index (χ3v) is 4.98.